The molecule has 17 heteroatoms. The van der Waals surface area contributed by atoms with Crippen molar-refractivity contribution in [1.29, 1.82) is 0 Å². The summed E-state index contributed by atoms with van der Waals surface area (Å²) < 4.78 is 32.8. The molecule has 1 unspecified atom stereocenters. The Morgan fingerprint density at radius 2 is 1.82 bits per heavy atom. The first-order chi connectivity index (χ1) is 27.7. The van der Waals surface area contributed by atoms with Gasteiger partial charge in [-0.05, 0) is 60.7 Å². The van der Waals surface area contributed by atoms with Crippen LogP contribution in [0.1, 0.15) is 58.2 Å². The molecule has 2 aromatic carbocycles. The van der Waals surface area contributed by atoms with Gasteiger partial charge < -0.3 is 14.4 Å². The van der Waals surface area contributed by atoms with E-state index in [9.17, 15) is 23.6 Å². The van der Waals surface area contributed by atoms with Crippen molar-refractivity contribution >= 4 is 51.6 Å². The number of carbonyl (C=O) groups excluding carboxylic acids is 4. The number of hydrogen-bond acceptors (Lipinski definition) is 10. The Hall–Kier alpha value is -6.07. The SMILES string of the molecule is O=C1CCN(c2cnc(F)c(CN3C[C@H]4C[C@@H]3CN4c3ccc(-c4cc(F)c5c(c4)C(=O)N(C(C(=O)Nc4nccs4)c4ncn6c4CCC6)C5)cc3)c2)C(=O)N1. The van der Waals surface area contributed by atoms with Crippen LogP contribution in [0.4, 0.5) is 30.1 Å². The summed E-state index contributed by atoms with van der Waals surface area (Å²) in [5, 5.41) is 7.28. The third-order valence-corrected chi connectivity index (χ3v) is 12.5. The lowest BCUT2D eigenvalue weighted by atomic mass is 9.99. The molecule has 3 saturated heterocycles. The second kappa shape index (κ2) is 13.8. The van der Waals surface area contributed by atoms with Crippen molar-refractivity contribution in [3.8, 4) is 11.1 Å². The lowest BCUT2D eigenvalue weighted by Crippen LogP contribution is -2.49. The van der Waals surface area contributed by atoms with E-state index in [0.717, 1.165) is 49.3 Å². The zero-order valence-electron chi connectivity index (χ0n) is 30.5. The summed E-state index contributed by atoms with van der Waals surface area (Å²) in [6.07, 6.45) is 7.32. The highest BCUT2D eigenvalue weighted by Gasteiger charge is 2.44. The first kappa shape index (κ1) is 35.4. The maximum absolute atomic E-state index is 15.9. The summed E-state index contributed by atoms with van der Waals surface area (Å²) in [4.78, 5) is 72.0. The van der Waals surface area contributed by atoms with Crippen molar-refractivity contribution in [2.45, 2.75) is 63.4 Å². The number of halogens is 2. The molecule has 8 heterocycles. The number of fused-ring (bicyclic) bond motifs is 4. The molecule has 5 amide bonds. The Bertz CT molecular complexity index is 2460. The number of pyridine rings is 1. The molecular formula is C40H36F2N10O4S. The number of aromatic nitrogens is 4. The number of nitrogens with one attached hydrogen (secondary N) is 2. The monoisotopic (exact) mass is 790 g/mol. The predicted molar refractivity (Wildman–Crippen MR) is 205 cm³/mol. The third kappa shape index (κ3) is 6.21. The fraction of sp³-hybridized carbons (Fsp3) is 0.325. The fourth-order valence-corrected chi connectivity index (χ4v) is 9.57. The Kier molecular flexibility index (Phi) is 8.58. The zero-order chi connectivity index (χ0) is 38.9. The van der Waals surface area contributed by atoms with Gasteiger partial charge in [0.25, 0.3) is 11.8 Å². The molecule has 2 bridgehead atoms. The van der Waals surface area contributed by atoms with E-state index in [0.29, 0.717) is 40.7 Å². The van der Waals surface area contributed by atoms with Crippen LogP contribution in [0, 0.1) is 11.8 Å². The van der Waals surface area contributed by atoms with Crippen LogP contribution in [0.25, 0.3) is 11.1 Å². The number of amides is 5. The minimum Gasteiger partial charge on any atom is -0.366 e. The number of urea groups is 1. The average Bonchev–Trinajstić information content (AvgIpc) is 4.06. The number of likely N-dealkylation sites (tertiary alicyclic amines) is 1. The predicted octanol–water partition coefficient (Wildman–Crippen LogP) is 4.87. The molecule has 5 aliphatic rings. The van der Waals surface area contributed by atoms with Crippen LogP contribution in [-0.4, -0.2) is 84.8 Å². The minimum absolute atomic E-state index is 0.0671. The van der Waals surface area contributed by atoms with E-state index in [1.807, 2.05) is 28.8 Å². The van der Waals surface area contributed by atoms with Crippen molar-refractivity contribution < 1.29 is 28.0 Å². The van der Waals surface area contributed by atoms with Gasteiger partial charge in [-0.15, -0.1) is 11.3 Å². The van der Waals surface area contributed by atoms with Crippen molar-refractivity contribution in [1.82, 2.24) is 34.6 Å². The number of imide groups is 1. The summed E-state index contributed by atoms with van der Waals surface area (Å²) in [6.45, 7) is 2.73. The molecule has 2 N–H and O–H groups in total. The molecule has 14 nitrogen and oxygen atoms in total. The van der Waals surface area contributed by atoms with Gasteiger partial charge in [-0.25, -0.2) is 24.1 Å². The Labute approximate surface area is 329 Å². The number of benzene rings is 2. The van der Waals surface area contributed by atoms with Crippen LogP contribution < -0.4 is 20.4 Å². The lowest BCUT2D eigenvalue weighted by molar-refractivity contribution is -0.121. The van der Waals surface area contributed by atoms with E-state index >= 15 is 4.39 Å². The zero-order valence-corrected chi connectivity index (χ0v) is 31.3. The first-order valence-electron chi connectivity index (χ1n) is 18.9. The number of aryl methyl sites for hydroxylation is 1. The number of carbonyl (C=O) groups is 4. The average molecular weight is 791 g/mol. The number of thiazole rings is 1. The van der Waals surface area contributed by atoms with Gasteiger partial charge in [0.2, 0.25) is 11.9 Å². The van der Waals surface area contributed by atoms with Crippen LogP contribution in [0.5, 0.6) is 0 Å². The van der Waals surface area contributed by atoms with Gasteiger partial charge in [-0.1, -0.05) is 12.1 Å². The van der Waals surface area contributed by atoms with Gasteiger partial charge in [-0.2, -0.15) is 4.39 Å². The maximum Gasteiger partial charge on any atom is 0.328 e. The molecule has 0 aliphatic carbocycles. The molecule has 3 atom stereocenters. The quantitative estimate of drug-likeness (QED) is 0.200. The molecule has 290 valence electrons. The molecule has 57 heavy (non-hydrogen) atoms. The third-order valence-electron chi connectivity index (χ3n) is 11.8. The Balaban J connectivity index is 0.837. The van der Waals surface area contributed by atoms with Crippen LogP contribution in [0.15, 0.2) is 66.6 Å². The number of imidazole rings is 1. The van der Waals surface area contributed by atoms with E-state index in [-0.39, 0.29) is 48.6 Å². The maximum atomic E-state index is 15.9. The van der Waals surface area contributed by atoms with E-state index in [4.69, 9.17) is 0 Å². The van der Waals surface area contributed by atoms with Gasteiger partial charge in [0.05, 0.1) is 30.5 Å². The topological polar surface area (TPSA) is 149 Å². The summed E-state index contributed by atoms with van der Waals surface area (Å²) in [5.41, 5.74) is 5.03. The van der Waals surface area contributed by atoms with E-state index in [1.54, 1.807) is 30.0 Å². The minimum atomic E-state index is -1.06. The van der Waals surface area contributed by atoms with Gasteiger partial charge in [0.15, 0.2) is 11.2 Å². The summed E-state index contributed by atoms with van der Waals surface area (Å²) in [5.74, 6) is -2.32. The second-order valence-corrected chi connectivity index (χ2v) is 16.0. The van der Waals surface area contributed by atoms with Crippen molar-refractivity contribution in [3.63, 3.8) is 0 Å². The lowest BCUT2D eigenvalue weighted by Gasteiger charge is -2.36. The number of piperazine rings is 1. The molecule has 3 fully saturated rings. The van der Waals surface area contributed by atoms with Crippen LogP contribution in [0.2, 0.25) is 0 Å². The van der Waals surface area contributed by atoms with Gasteiger partial charge in [-0.3, -0.25) is 34.8 Å². The molecule has 5 aliphatic heterocycles. The first-order valence-corrected chi connectivity index (χ1v) is 19.8. The highest BCUT2D eigenvalue weighted by Crippen LogP contribution is 2.40. The highest BCUT2D eigenvalue weighted by atomic mass is 32.1. The van der Waals surface area contributed by atoms with E-state index in [2.05, 4.69) is 35.4 Å². The summed E-state index contributed by atoms with van der Waals surface area (Å²) in [7, 11) is 0. The van der Waals surface area contributed by atoms with E-state index < -0.39 is 35.7 Å². The number of anilines is 3. The van der Waals surface area contributed by atoms with Crippen LogP contribution in [0.3, 0.4) is 0 Å². The number of hydrogen-bond donors (Lipinski definition) is 2. The molecule has 0 saturated carbocycles. The molecule has 5 aromatic rings. The smallest absolute Gasteiger partial charge is 0.328 e. The number of rotatable bonds is 9. The highest BCUT2D eigenvalue weighted by molar-refractivity contribution is 7.13. The molecule has 3 aromatic heterocycles. The Morgan fingerprint density at radius 3 is 2.60 bits per heavy atom. The standard InChI is InChI=1S/C40H36F2N10O4S/c41-31-14-23(13-29-30(31)20-52(38(29)55)35(37(54)47-39-43-8-11-57-39)34-32-2-1-9-48(32)21-45-34)22-3-5-25(6-4-22)51-19-27-15-28(51)18-49(27)17-24-12-26(16-44-36(24)42)50-10-7-33(53)46-40(50)56/h3-6,8,11-14,16,21,27-28,35H,1-2,7,9-10,15,17-20H2,(H,43,47,54)(H,46,53,56)/t27-,28-,35?/m1/s1. The largest absolute Gasteiger partial charge is 0.366 e. The molecular weight excluding hydrogens is 755 g/mol. The van der Waals surface area contributed by atoms with Crippen molar-refractivity contribution in [2.24, 2.45) is 0 Å². The van der Waals surface area contributed by atoms with Crippen molar-refractivity contribution in [3.05, 3.63) is 106 Å². The fourth-order valence-electron chi connectivity index (χ4n) is 9.04. The summed E-state index contributed by atoms with van der Waals surface area (Å²) >= 11 is 1.27. The molecule has 10 rings (SSSR count). The van der Waals surface area contributed by atoms with Gasteiger partial charge in [0.1, 0.15) is 5.82 Å². The second-order valence-electron chi connectivity index (χ2n) is 15.1. The van der Waals surface area contributed by atoms with Gasteiger partial charge in [0, 0.05) is 90.9 Å². The normalized spacial score (nSPS) is 20.7. The van der Waals surface area contributed by atoms with Gasteiger partial charge >= 0.3 is 6.03 Å². The molecule has 0 spiro atoms. The Morgan fingerprint density at radius 1 is 0.965 bits per heavy atom. The summed E-state index contributed by atoms with van der Waals surface area (Å²) in [6, 6.07) is 11.4. The molecule has 0 radical (unpaired) electrons. The van der Waals surface area contributed by atoms with Crippen LogP contribution >= 0.6 is 11.3 Å². The van der Waals surface area contributed by atoms with E-state index in [1.165, 1.54) is 33.4 Å². The van der Waals surface area contributed by atoms with Crippen molar-refractivity contribution in [2.75, 3.05) is 34.8 Å². The van der Waals surface area contributed by atoms with Crippen LogP contribution in [-0.2, 0) is 35.6 Å². The number of nitrogens with zero attached hydrogens (tertiary/aromatic N) is 8.